The number of nitrogens with zero attached hydrogens (tertiary/aromatic N) is 2. The van der Waals surface area contributed by atoms with Crippen molar-refractivity contribution in [1.29, 1.82) is 0 Å². The van der Waals surface area contributed by atoms with E-state index in [9.17, 15) is 4.79 Å². The predicted octanol–water partition coefficient (Wildman–Crippen LogP) is 4.09. The fourth-order valence-corrected chi connectivity index (χ4v) is 2.93. The molecule has 1 unspecified atom stereocenters. The van der Waals surface area contributed by atoms with Gasteiger partial charge < -0.3 is 4.90 Å². The van der Waals surface area contributed by atoms with Crippen molar-refractivity contribution < 1.29 is 4.79 Å². The fraction of sp³-hybridized carbons (Fsp3) is 0.235. The number of para-hydroxylation sites is 1. The Hall–Kier alpha value is -2.00. The maximum atomic E-state index is 12.8. The first-order chi connectivity index (χ1) is 10.1. The van der Waals surface area contributed by atoms with Crippen LogP contribution in [0.4, 0.5) is 17.1 Å². The highest BCUT2D eigenvalue weighted by atomic mass is 35.5. The number of anilines is 3. The van der Waals surface area contributed by atoms with Crippen LogP contribution in [0.25, 0.3) is 0 Å². The monoisotopic (exact) mass is 300 g/mol. The van der Waals surface area contributed by atoms with Crippen molar-refractivity contribution in [3.05, 3.63) is 53.6 Å². The highest BCUT2D eigenvalue weighted by Crippen LogP contribution is 2.39. The van der Waals surface area contributed by atoms with Crippen LogP contribution in [0.15, 0.2) is 48.5 Å². The molecular weight excluding hydrogens is 284 g/mol. The summed E-state index contributed by atoms with van der Waals surface area (Å²) in [6, 6.07) is 15.4. The van der Waals surface area contributed by atoms with Crippen molar-refractivity contribution in [2.45, 2.75) is 6.92 Å². The quantitative estimate of drug-likeness (QED) is 0.792. The summed E-state index contributed by atoms with van der Waals surface area (Å²) in [6.45, 7) is 2.64. The standard InChI is InChI=1S/C17H17ClN2O/c1-12-11-19(2)16-10-13(18)8-9-15(16)20(17(12)21)14-6-4-3-5-7-14/h3-10,12H,11H2,1-2H3. The minimum atomic E-state index is -0.0821. The lowest BCUT2D eigenvalue weighted by molar-refractivity contribution is -0.120. The Morgan fingerprint density at radius 3 is 2.52 bits per heavy atom. The van der Waals surface area contributed by atoms with Gasteiger partial charge in [0.05, 0.1) is 17.3 Å². The molecule has 1 atom stereocenters. The highest BCUT2D eigenvalue weighted by Gasteiger charge is 2.30. The van der Waals surface area contributed by atoms with E-state index in [1.807, 2.05) is 62.5 Å². The molecular formula is C17H17ClN2O. The van der Waals surface area contributed by atoms with Crippen LogP contribution in [-0.2, 0) is 4.79 Å². The lowest BCUT2D eigenvalue weighted by Crippen LogP contribution is -2.32. The molecule has 0 fully saturated rings. The topological polar surface area (TPSA) is 23.6 Å². The van der Waals surface area contributed by atoms with Crippen molar-refractivity contribution >= 4 is 34.6 Å². The molecule has 0 N–H and O–H groups in total. The van der Waals surface area contributed by atoms with Gasteiger partial charge in [0, 0.05) is 24.3 Å². The van der Waals surface area contributed by atoms with Crippen molar-refractivity contribution in [1.82, 2.24) is 0 Å². The molecule has 0 spiro atoms. The van der Waals surface area contributed by atoms with E-state index < -0.39 is 0 Å². The first-order valence-corrected chi connectivity index (χ1v) is 7.35. The maximum Gasteiger partial charge on any atom is 0.236 e. The molecule has 0 aromatic heterocycles. The Bertz CT molecular complexity index is 672. The third-order valence-electron chi connectivity index (χ3n) is 3.79. The molecule has 0 aliphatic carbocycles. The molecule has 0 saturated carbocycles. The van der Waals surface area contributed by atoms with E-state index in [1.165, 1.54) is 0 Å². The first kappa shape index (κ1) is 14.0. The Kier molecular flexibility index (Phi) is 3.60. The van der Waals surface area contributed by atoms with E-state index in [4.69, 9.17) is 11.6 Å². The van der Waals surface area contributed by atoms with Crippen molar-refractivity contribution in [3.63, 3.8) is 0 Å². The summed E-state index contributed by atoms with van der Waals surface area (Å²) < 4.78 is 0. The molecule has 0 bridgehead atoms. The summed E-state index contributed by atoms with van der Waals surface area (Å²) in [5, 5.41) is 0.676. The SMILES string of the molecule is CC1CN(C)c2cc(Cl)ccc2N(c2ccccc2)C1=O. The molecule has 0 radical (unpaired) electrons. The zero-order valence-electron chi connectivity index (χ0n) is 12.1. The van der Waals surface area contributed by atoms with Crippen LogP contribution in [-0.4, -0.2) is 19.5 Å². The summed E-state index contributed by atoms with van der Waals surface area (Å²) in [4.78, 5) is 16.7. The van der Waals surface area contributed by atoms with Crippen LogP contribution in [0.3, 0.4) is 0 Å². The number of carbonyl (C=O) groups excluding carboxylic acids is 1. The Balaban J connectivity index is 2.21. The van der Waals surface area contributed by atoms with E-state index in [1.54, 1.807) is 4.90 Å². The molecule has 1 aliphatic heterocycles. The molecule has 0 saturated heterocycles. The predicted molar refractivity (Wildman–Crippen MR) is 87.5 cm³/mol. The Morgan fingerprint density at radius 1 is 1.10 bits per heavy atom. The Labute approximate surface area is 129 Å². The largest absolute Gasteiger partial charge is 0.372 e. The summed E-state index contributed by atoms with van der Waals surface area (Å²) in [7, 11) is 1.99. The second-order valence-corrected chi connectivity index (χ2v) is 5.86. The van der Waals surface area contributed by atoms with Gasteiger partial charge in [0.15, 0.2) is 0 Å². The van der Waals surface area contributed by atoms with Gasteiger partial charge in [-0.25, -0.2) is 0 Å². The third-order valence-corrected chi connectivity index (χ3v) is 4.03. The van der Waals surface area contributed by atoms with Gasteiger partial charge in [0.2, 0.25) is 5.91 Å². The minimum absolute atomic E-state index is 0.0821. The average molecular weight is 301 g/mol. The molecule has 108 valence electrons. The summed E-state index contributed by atoms with van der Waals surface area (Å²) >= 11 is 6.13. The molecule has 1 aliphatic rings. The van der Waals surface area contributed by atoms with Gasteiger partial charge in [-0.05, 0) is 30.3 Å². The highest BCUT2D eigenvalue weighted by molar-refractivity contribution is 6.31. The lowest BCUT2D eigenvalue weighted by Gasteiger charge is -2.25. The lowest BCUT2D eigenvalue weighted by atomic mass is 10.1. The summed E-state index contributed by atoms with van der Waals surface area (Å²) in [5.41, 5.74) is 2.74. The van der Waals surface area contributed by atoms with Gasteiger partial charge in [0.1, 0.15) is 0 Å². The summed E-state index contributed by atoms with van der Waals surface area (Å²) in [6.07, 6.45) is 0. The summed E-state index contributed by atoms with van der Waals surface area (Å²) in [5.74, 6) is 0.0236. The number of halogens is 1. The second-order valence-electron chi connectivity index (χ2n) is 5.42. The number of fused-ring (bicyclic) bond motifs is 1. The van der Waals surface area contributed by atoms with Gasteiger partial charge in [-0.3, -0.25) is 9.69 Å². The van der Waals surface area contributed by atoms with E-state index in [-0.39, 0.29) is 11.8 Å². The molecule has 2 aromatic carbocycles. The van der Waals surface area contributed by atoms with E-state index in [0.29, 0.717) is 11.6 Å². The van der Waals surface area contributed by atoms with Gasteiger partial charge in [-0.2, -0.15) is 0 Å². The van der Waals surface area contributed by atoms with Crippen LogP contribution in [0.1, 0.15) is 6.92 Å². The average Bonchev–Trinajstić information content (AvgIpc) is 2.57. The minimum Gasteiger partial charge on any atom is -0.372 e. The van der Waals surface area contributed by atoms with E-state index >= 15 is 0 Å². The Morgan fingerprint density at radius 2 is 1.81 bits per heavy atom. The zero-order valence-corrected chi connectivity index (χ0v) is 12.8. The van der Waals surface area contributed by atoms with Gasteiger partial charge in [-0.1, -0.05) is 36.7 Å². The number of rotatable bonds is 1. The molecule has 2 aromatic rings. The van der Waals surface area contributed by atoms with Crippen molar-refractivity contribution in [2.24, 2.45) is 5.92 Å². The molecule has 4 heteroatoms. The maximum absolute atomic E-state index is 12.8. The van der Waals surface area contributed by atoms with Crippen molar-refractivity contribution in [2.75, 3.05) is 23.4 Å². The molecule has 3 nitrogen and oxygen atoms in total. The number of carbonyl (C=O) groups is 1. The number of amides is 1. The molecule has 3 rings (SSSR count). The van der Waals surface area contributed by atoms with Crippen LogP contribution in [0.5, 0.6) is 0 Å². The smallest absolute Gasteiger partial charge is 0.236 e. The number of benzene rings is 2. The van der Waals surface area contributed by atoms with E-state index in [0.717, 1.165) is 17.1 Å². The van der Waals surface area contributed by atoms with Crippen LogP contribution < -0.4 is 9.80 Å². The van der Waals surface area contributed by atoms with E-state index in [2.05, 4.69) is 4.90 Å². The van der Waals surface area contributed by atoms with Crippen molar-refractivity contribution in [3.8, 4) is 0 Å². The second kappa shape index (κ2) is 5.41. The fourth-order valence-electron chi connectivity index (χ4n) is 2.76. The normalized spacial score (nSPS) is 18.4. The van der Waals surface area contributed by atoms with Gasteiger partial charge in [0.25, 0.3) is 0 Å². The van der Waals surface area contributed by atoms with Crippen LogP contribution in [0.2, 0.25) is 5.02 Å². The zero-order chi connectivity index (χ0) is 15.0. The molecule has 1 heterocycles. The van der Waals surface area contributed by atoms with Gasteiger partial charge >= 0.3 is 0 Å². The van der Waals surface area contributed by atoms with Gasteiger partial charge in [-0.15, -0.1) is 0 Å². The van der Waals surface area contributed by atoms with Crippen LogP contribution in [0, 0.1) is 5.92 Å². The molecule has 21 heavy (non-hydrogen) atoms. The molecule has 1 amide bonds. The first-order valence-electron chi connectivity index (χ1n) is 6.97. The third kappa shape index (κ3) is 2.49. The number of hydrogen-bond acceptors (Lipinski definition) is 2. The van der Waals surface area contributed by atoms with Crippen LogP contribution >= 0.6 is 11.6 Å². The number of hydrogen-bond donors (Lipinski definition) is 0.